The minimum Gasteiger partial charge on any atom is -0.326 e. The number of carbonyl (C=O) groups excluding carboxylic acids is 2. The van der Waals surface area contributed by atoms with Crippen molar-refractivity contribution >= 4 is 17.4 Å². The molecule has 0 aromatic heterocycles. The number of anilines is 1. The third-order valence-corrected chi connectivity index (χ3v) is 3.03. The van der Waals surface area contributed by atoms with Gasteiger partial charge >= 0.3 is 0 Å². The van der Waals surface area contributed by atoms with Gasteiger partial charge in [0.25, 0.3) is 0 Å². The molecule has 0 atom stereocenters. The minimum absolute atomic E-state index is 0.102. The molecule has 1 aromatic carbocycles. The van der Waals surface area contributed by atoms with E-state index in [4.69, 9.17) is 0 Å². The molecular formula is C16H23NO2. The summed E-state index contributed by atoms with van der Waals surface area (Å²) in [5.41, 5.74) is 1.46. The fourth-order valence-corrected chi connectivity index (χ4v) is 1.98. The molecular weight excluding hydrogens is 238 g/mol. The van der Waals surface area contributed by atoms with Crippen LogP contribution in [0.5, 0.6) is 0 Å². The highest BCUT2D eigenvalue weighted by atomic mass is 16.1. The maximum Gasteiger partial charge on any atom is 0.221 e. The summed E-state index contributed by atoms with van der Waals surface area (Å²) >= 11 is 0. The molecule has 1 aromatic rings. The van der Waals surface area contributed by atoms with Crippen molar-refractivity contribution in [3.8, 4) is 0 Å². The number of benzene rings is 1. The minimum atomic E-state index is -0.102. The van der Waals surface area contributed by atoms with Gasteiger partial charge < -0.3 is 5.32 Å². The van der Waals surface area contributed by atoms with Crippen molar-refractivity contribution in [3.05, 3.63) is 29.8 Å². The molecule has 0 aliphatic rings. The van der Waals surface area contributed by atoms with Crippen molar-refractivity contribution in [1.82, 2.24) is 0 Å². The maximum atomic E-state index is 11.9. The van der Waals surface area contributed by atoms with E-state index in [1.165, 1.54) is 26.2 Å². The van der Waals surface area contributed by atoms with Gasteiger partial charge in [-0.3, -0.25) is 9.59 Å². The molecule has 0 aliphatic carbocycles. The fraction of sp³-hybridized carbons (Fsp3) is 0.500. The summed E-state index contributed by atoms with van der Waals surface area (Å²) in [4.78, 5) is 22.8. The molecule has 0 bridgehead atoms. The van der Waals surface area contributed by atoms with Crippen LogP contribution in [0.3, 0.4) is 0 Å². The van der Waals surface area contributed by atoms with Gasteiger partial charge in [0.15, 0.2) is 5.78 Å². The van der Waals surface area contributed by atoms with Crippen LogP contribution in [0.2, 0.25) is 0 Å². The van der Waals surface area contributed by atoms with Gasteiger partial charge in [0.2, 0.25) is 5.91 Å². The summed E-state index contributed by atoms with van der Waals surface area (Å²) in [5, 5.41) is 2.69. The number of amides is 1. The van der Waals surface area contributed by atoms with Crippen LogP contribution >= 0.6 is 0 Å². The highest BCUT2D eigenvalue weighted by Gasteiger charge is 2.05. The van der Waals surface area contributed by atoms with Gasteiger partial charge in [0.05, 0.1) is 0 Å². The number of Topliss-reactive ketones (excluding diaryl/α,β-unsaturated/α-hetero) is 1. The van der Waals surface area contributed by atoms with Crippen molar-refractivity contribution in [2.75, 3.05) is 5.32 Å². The van der Waals surface area contributed by atoms with E-state index in [1.54, 1.807) is 24.3 Å². The summed E-state index contributed by atoms with van der Waals surface area (Å²) in [6, 6.07) is 7.09. The van der Waals surface area contributed by atoms with Gasteiger partial charge in [0.1, 0.15) is 0 Å². The first-order chi connectivity index (χ1) is 9.13. The standard InChI is InChI=1S/C16H23NO2/c1-3-4-5-6-7-8-16(19)14-9-11-15(12-10-14)17-13(2)18/h9-12H,3-8H2,1-2H3,(H,17,18). The normalized spacial score (nSPS) is 10.2. The quantitative estimate of drug-likeness (QED) is 0.563. The molecule has 0 saturated heterocycles. The molecule has 3 heteroatoms. The Balaban J connectivity index is 2.38. The van der Waals surface area contributed by atoms with Crippen LogP contribution in [0.25, 0.3) is 0 Å². The highest BCUT2D eigenvalue weighted by Crippen LogP contribution is 2.13. The molecule has 0 saturated carbocycles. The lowest BCUT2D eigenvalue weighted by Crippen LogP contribution is -2.06. The van der Waals surface area contributed by atoms with E-state index in [0.717, 1.165) is 24.1 Å². The van der Waals surface area contributed by atoms with E-state index in [0.29, 0.717) is 6.42 Å². The first-order valence-electron chi connectivity index (χ1n) is 7.04. The zero-order valence-corrected chi connectivity index (χ0v) is 11.9. The largest absolute Gasteiger partial charge is 0.326 e. The Bertz CT molecular complexity index is 409. The number of hydrogen-bond donors (Lipinski definition) is 1. The van der Waals surface area contributed by atoms with Crippen LogP contribution in [0.15, 0.2) is 24.3 Å². The molecule has 0 spiro atoms. The van der Waals surface area contributed by atoms with Crippen LogP contribution in [0.1, 0.15) is 62.7 Å². The van der Waals surface area contributed by atoms with Crippen LogP contribution in [-0.4, -0.2) is 11.7 Å². The number of nitrogens with one attached hydrogen (secondary N) is 1. The van der Waals surface area contributed by atoms with E-state index in [-0.39, 0.29) is 11.7 Å². The summed E-state index contributed by atoms with van der Waals surface area (Å²) in [7, 11) is 0. The molecule has 1 N–H and O–H groups in total. The van der Waals surface area contributed by atoms with E-state index >= 15 is 0 Å². The lowest BCUT2D eigenvalue weighted by Gasteiger charge is -2.04. The third-order valence-electron chi connectivity index (χ3n) is 3.03. The van der Waals surface area contributed by atoms with Crippen molar-refractivity contribution in [3.63, 3.8) is 0 Å². The second kappa shape index (κ2) is 8.46. The van der Waals surface area contributed by atoms with Crippen LogP contribution < -0.4 is 5.32 Å². The summed E-state index contributed by atoms with van der Waals surface area (Å²) < 4.78 is 0. The topological polar surface area (TPSA) is 46.2 Å². The Hall–Kier alpha value is -1.64. The van der Waals surface area contributed by atoms with E-state index in [9.17, 15) is 9.59 Å². The predicted molar refractivity (Wildman–Crippen MR) is 78.5 cm³/mol. The maximum absolute atomic E-state index is 11.9. The van der Waals surface area contributed by atoms with Gasteiger partial charge in [-0.2, -0.15) is 0 Å². The zero-order chi connectivity index (χ0) is 14.1. The monoisotopic (exact) mass is 261 g/mol. The summed E-state index contributed by atoms with van der Waals surface area (Å²) in [5.74, 6) is 0.0841. The first kappa shape index (κ1) is 15.4. The molecule has 3 nitrogen and oxygen atoms in total. The lowest BCUT2D eigenvalue weighted by atomic mass is 10.0. The second-order valence-corrected chi connectivity index (χ2v) is 4.85. The van der Waals surface area contributed by atoms with Crippen molar-refractivity contribution in [1.29, 1.82) is 0 Å². The molecule has 0 fully saturated rings. The van der Waals surface area contributed by atoms with Crippen molar-refractivity contribution in [2.24, 2.45) is 0 Å². The number of hydrogen-bond acceptors (Lipinski definition) is 2. The predicted octanol–water partition coefficient (Wildman–Crippen LogP) is 4.19. The van der Waals surface area contributed by atoms with Crippen molar-refractivity contribution < 1.29 is 9.59 Å². The van der Waals surface area contributed by atoms with E-state index in [1.807, 2.05) is 0 Å². The summed E-state index contributed by atoms with van der Waals surface area (Å²) in [6.07, 6.45) is 6.39. The molecule has 19 heavy (non-hydrogen) atoms. The Labute approximate surface area is 115 Å². The van der Waals surface area contributed by atoms with Gasteiger partial charge in [-0.1, -0.05) is 32.6 Å². The fourth-order valence-electron chi connectivity index (χ4n) is 1.98. The van der Waals surface area contributed by atoms with Gasteiger partial charge in [-0.15, -0.1) is 0 Å². The molecule has 0 unspecified atom stereocenters. The van der Waals surface area contributed by atoms with Gasteiger partial charge in [-0.05, 0) is 30.7 Å². The first-order valence-corrected chi connectivity index (χ1v) is 7.04. The smallest absolute Gasteiger partial charge is 0.221 e. The molecule has 1 amide bonds. The number of rotatable bonds is 8. The Morgan fingerprint density at radius 1 is 1.00 bits per heavy atom. The van der Waals surface area contributed by atoms with Gasteiger partial charge in [-0.25, -0.2) is 0 Å². The SMILES string of the molecule is CCCCCCCC(=O)c1ccc(NC(C)=O)cc1. The molecule has 104 valence electrons. The highest BCUT2D eigenvalue weighted by molar-refractivity contribution is 5.97. The third kappa shape index (κ3) is 6.18. The molecule has 1 rings (SSSR count). The molecule has 0 radical (unpaired) electrons. The van der Waals surface area contributed by atoms with Crippen molar-refractivity contribution in [2.45, 2.75) is 52.4 Å². The van der Waals surface area contributed by atoms with Crippen LogP contribution in [-0.2, 0) is 4.79 Å². The Morgan fingerprint density at radius 3 is 2.21 bits per heavy atom. The van der Waals surface area contributed by atoms with E-state index in [2.05, 4.69) is 12.2 Å². The molecule has 0 heterocycles. The second-order valence-electron chi connectivity index (χ2n) is 4.85. The van der Waals surface area contributed by atoms with Crippen LogP contribution in [0, 0.1) is 0 Å². The number of unbranched alkanes of at least 4 members (excludes halogenated alkanes) is 4. The average molecular weight is 261 g/mol. The Kier molecular flexibility index (Phi) is 6.86. The molecule has 0 aliphatic heterocycles. The average Bonchev–Trinajstić information content (AvgIpc) is 2.38. The lowest BCUT2D eigenvalue weighted by molar-refractivity contribution is -0.114. The van der Waals surface area contributed by atoms with Crippen LogP contribution in [0.4, 0.5) is 5.69 Å². The van der Waals surface area contributed by atoms with Gasteiger partial charge in [0, 0.05) is 24.6 Å². The summed E-state index contributed by atoms with van der Waals surface area (Å²) in [6.45, 7) is 3.65. The van der Waals surface area contributed by atoms with E-state index < -0.39 is 0 Å². The zero-order valence-electron chi connectivity index (χ0n) is 11.9. The Morgan fingerprint density at radius 2 is 1.63 bits per heavy atom. The number of ketones is 1. The number of carbonyl (C=O) groups is 2.